The highest BCUT2D eigenvalue weighted by Gasteiger charge is 2.37. The van der Waals surface area contributed by atoms with Crippen LogP contribution in [0.3, 0.4) is 0 Å². The fourth-order valence-corrected chi connectivity index (χ4v) is 2.64. The molecule has 1 fully saturated rings. The van der Waals surface area contributed by atoms with Crippen molar-refractivity contribution in [3.8, 4) is 0 Å². The Labute approximate surface area is 123 Å². The van der Waals surface area contributed by atoms with E-state index in [0.29, 0.717) is 6.42 Å². The number of nitrogens with zero attached hydrogens (tertiary/aromatic N) is 1. The first-order valence-electron chi connectivity index (χ1n) is 7.04. The van der Waals surface area contributed by atoms with E-state index in [1.165, 1.54) is 12.1 Å². The highest BCUT2D eigenvalue weighted by atomic mass is 19.1. The second-order valence-electron chi connectivity index (χ2n) is 5.33. The maximum atomic E-state index is 13.1. The van der Waals surface area contributed by atoms with Crippen LogP contribution in [0.25, 0.3) is 0 Å². The maximum Gasteiger partial charge on any atom is 0.243 e. The number of halogens is 1. The van der Waals surface area contributed by atoms with E-state index in [9.17, 15) is 14.0 Å². The van der Waals surface area contributed by atoms with Gasteiger partial charge in [0.1, 0.15) is 5.82 Å². The Morgan fingerprint density at radius 2 is 2.00 bits per heavy atom. The fraction of sp³-hybridized carbons (Fsp3) is 0.467. The minimum Gasteiger partial charge on any atom is -0.326 e. The number of hydrogen-bond donors (Lipinski definition) is 2. The van der Waals surface area contributed by atoms with Crippen molar-refractivity contribution in [2.75, 3.05) is 6.54 Å². The largest absolute Gasteiger partial charge is 0.326 e. The lowest BCUT2D eigenvalue weighted by Crippen LogP contribution is -2.59. The van der Waals surface area contributed by atoms with Crippen LogP contribution in [0.4, 0.5) is 4.39 Å². The zero-order chi connectivity index (χ0) is 15.6. The van der Waals surface area contributed by atoms with Crippen molar-refractivity contribution in [2.45, 2.75) is 38.4 Å². The topological polar surface area (TPSA) is 75.4 Å². The van der Waals surface area contributed by atoms with Gasteiger partial charge in [0.15, 0.2) is 0 Å². The summed E-state index contributed by atoms with van der Waals surface area (Å²) in [6.07, 6.45) is 0.682. The molecule has 2 amide bonds. The number of imide groups is 1. The minimum atomic E-state index is -0.463. The summed E-state index contributed by atoms with van der Waals surface area (Å²) in [5.41, 5.74) is 7.00. The monoisotopic (exact) mass is 293 g/mol. The van der Waals surface area contributed by atoms with Gasteiger partial charge in [-0.3, -0.25) is 19.8 Å². The zero-order valence-corrected chi connectivity index (χ0v) is 12.2. The lowest BCUT2D eigenvalue weighted by atomic mass is 9.94. The molecule has 3 unspecified atom stereocenters. The van der Waals surface area contributed by atoms with Crippen LogP contribution < -0.4 is 11.1 Å². The molecule has 1 aromatic carbocycles. The second-order valence-corrected chi connectivity index (χ2v) is 5.33. The van der Waals surface area contributed by atoms with E-state index in [4.69, 9.17) is 5.73 Å². The summed E-state index contributed by atoms with van der Waals surface area (Å²) >= 11 is 0. The second kappa shape index (κ2) is 6.32. The van der Waals surface area contributed by atoms with E-state index in [1.54, 1.807) is 24.0 Å². The van der Waals surface area contributed by atoms with Crippen molar-refractivity contribution in [2.24, 2.45) is 5.73 Å². The number of hydrogen-bond acceptors (Lipinski definition) is 4. The highest BCUT2D eigenvalue weighted by molar-refractivity contribution is 6.00. The molecule has 1 heterocycles. The first kappa shape index (κ1) is 15.6. The van der Waals surface area contributed by atoms with Gasteiger partial charge in [-0.2, -0.15) is 0 Å². The Bertz CT molecular complexity index is 532. The van der Waals surface area contributed by atoms with E-state index >= 15 is 0 Å². The molecule has 0 spiro atoms. The summed E-state index contributed by atoms with van der Waals surface area (Å²) in [4.78, 5) is 25.3. The van der Waals surface area contributed by atoms with E-state index < -0.39 is 6.04 Å². The molecule has 1 aliphatic heterocycles. The predicted molar refractivity (Wildman–Crippen MR) is 76.7 cm³/mol. The van der Waals surface area contributed by atoms with Crippen LogP contribution >= 0.6 is 0 Å². The van der Waals surface area contributed by atoms with Crippen LogP contribution in [0, 0.1) is 5.82 Å². The first-order valence-corrected chi connectivity index (χ1v) is 7.04. The highest BCUT2D eigenvalue weighted by Crippen LogP contribution is 2.28. The van der Waals surface area contributed by atoms with Crippen molar-refractivity contribution in [3.05, 3.63) is 35.6 Å². The van der Waals surface area contributed by atoms with Crippen LogP contribution in [-0.4, -0.2) is 35.3 Å². The molecule has 5 nitrogen and oxygen atoms in total. The number of amides is 2. The fourth-order valence-electron chi connectivity index (χ4n) is 2.64. The van der Waals surface area contributed by atoms with Crippen LogP contribution in [0.1, 0.15) is 31.9 Å². The standard InChI is InChI=1S/C15H20FN3O2/c1-3-12(17)14(10-4-6-11(16)7-5-10)19-8-13(20)18-15(21)9(19)2/h4-7,9,12,14H,3,8,17H2,1-2H3,(H,18,20,21). The molecule has 114 valence electrons. The van der Waals surface area contributed by atoms with Crippen molar-refractivity contribution in [3.63, 3.8) is 0 Å². The van der Waals surface area contributed by atoms with E-state index in [2.05, 4.69) is 5.32 Å². The number of rotatable bonds is 4. The summed E-state index contributed by atoms with van der Waals surface area (Å²) in [7, 11) is 0. The molecule has 0 aliphatic carbocycles. The molecular weight excluding hydrogens is 273 g/mol. The van der Waals surface area contributed by atoms with E-state index in [0.717, 1.165) is 5.56 Å². The third-order valence-corrected chi connectivity index (χ3v) is 3.91. The summed E-state index contributed by atoms with van der Waals surface area (Å²) in [5, 5.41) is 2.31. The number of carbonyl (C=O) groups is 2. The lowest BCUT2D eigenvalue weighted by molar-refractivity contribution is -0.141. The number of carbonyl (C=O) groups excluding carboxylic acids is 2. The molecule has 3 N–H and O–H groups in total. The molecule has 6 heteroatoms. The quantitative estimate of drug-likeness (QED) is 0.811. The van der Waals surface area contributed by atoms with Gasteiger partial charge in [0.05, 0.1) is 18.6 Å². The first-order chi connectivity index (χ1) is 9.93. The summed E-state index contributed by atoms with van der Waals surface area (Å²) in [6, 6.07) is 5.01. The van der Waals surface area contributed by atoms with Gasteiger partial charge in [-0.05, 0) is 31.0 Å². The molecule has 0 saturated carbocycles. The Balaban J connectivity index is 2.37. The smallest absolute Gasteiger partial charge is 0.243 e. The average molecular weight is 293 g/mol. The van der Waals surface area contributed by atoms with Crippen LogP contribution in [0.2, 0.25) is 0 Å². The van der Waals surface area contributed by atoms with Crippen molar-refractivity contribution in [1.82, 2.24) is 10.2 Å². The number of nitrogens with one attached hydrogen (secondary N) is 1. The van der Waals surface area contributed by atoms with Gasteiger partial charge >= 0.3 is 0 Å². The van der Waals surface area contributed by atoms with Gasteiger partial charge in [-0.25, -0.2) is 4.39 Å². The van der Waals surface area contributed by atoms with Gasteiger partial charge in [-0.15, -0.1) is 0 Å². The van der Waals surface area contributed by atoms with Gasteiger partial charge in [-0.1, -0.05) is 19.1 Å². The van der Waals surface area contributed by atoms with Crippen molar-refractivity contribution in [1.29, 1.82) is 0 Å². The SMILES string of the molecule is CCC(N)C(c1ccc(F)cc1)N1CC(=O)NC(=O)C1C. The van der Waals surface area contributed by atoms with Crippen molar-refractivity contribution >= 4 is 11.8 Å². The molecule has 3 atom stereocenters. The number of benzene rings is 1. The molecule has 0 bridgehead atoms. The molecular formula is C15H20FN3O2. The summed E-state index contributed by atoms with van der Waals surface area (Å²) in [5.74, 6) is -1.00. The Kier molecular flexibility index (Phi) is 4.69. The Hall–Kier alpha value is -1.79. The molecule has 2 rings (SSSR count). The molecule has 1 aromatic rings. The normalized spacial score (nSPS) is 22.8. The Morgan fingerprint density at radius 3 is 2.57 bits per heavy atom. The summed E-state index contributed by atoms with van der Waals surface area (Å²) in [6.45, 7) is 3.78. The third kappa shape index (κ3) is 3.28. The number of piperazine rings is 1. The molecule has 21 heavy (non-hydrogen) atoms. The predicted octanol–water partition coefficient (Wildman–Crippen LogP) is 0.951. The van der Waals surface area contributed by atoms with Gasteiger partial charge in [0.2, 0.25) is 11.8 Å². The summed E-state index contributed by atoms with van der Waals surface area (Å²) < 4.78 is 13.1. The van der Waals surface area contributed by atoms with E-state index in [-0.39, 0.29) is 36.3 Å². The Morgan fingerprint density at radius 1 is 1.38 bits per heavy atom. The molecule has 0 aromatic heterocycles. The minimum absolute atomic E-state index is 0.0999. The van der Waals surface area contributed by atoms with E-state index in [1.807, 2.05) is 6.92 Å². The zero-order valence-electron chi connectivity index (χ0n) is 12.2. The molecule has 0 radical (unpaired) electrons. The third-order valence-electron chi connectivity index (χ3n) is 3.91. The maximum absolute atomic E-state index is 13.1. The molecule has 1 saturated heterocycles. The average Bonchev–Trinajstić information content (AvgIpc) is 2.46. The molecule has 1 aliphatic rings. The van der Waals surface area contributed by atoms with Gasteiger partial charge in [0, 0.05) is 6.04 Å². The number of nitrogens with two attached hydrogens (primary N) is 1. The van der Waals surface area contributed by atoms with Gasteiger partial charge in [0.25, 0.3) is 0 Å². The van der Waals surface area contributed by atoms with Crippen LogP contribution in [0.15, 0.2) is 24.3 Å². The van der Waals surface area contributed by atoms with Gasteiger partial charge < -0.3 is 5.73 Å². The van der Waals surface area contributed by atoms with Crippen molar-refractivity contribution < 1.29 is 14.0 Å². The van der Waals surface area contributed by atoms with Crippen LogP contribution in [-0.2, 0) is 9.59 Å². The van der Waals surface area contributed by atoms with Crippen LogP contribution in [0.5, 0.6) is 0 Å². The lowest BCUT2D eigenvalue weighted by Gasteiger charge is -2.40.